The van der Waals surface area contributed by atoms with E-state index in [1.54, 1.807) is 29.2 Å². The molecule has 1 fully saturated rings. The van der Waals surface area contributed by atoms with Crippen molar-refractivity contribution in [1.29, 1.82) is 0 Å². The second-order valence-electron chi connectivity index (χ2n) is 6.41. The summed E-state index contributed by atoms with van der Waals surface area (Å²) in [5, 5.41) is 11.8. The molecule has 1 saturated heterocycles. The van der Waals surface area contributed by atoms with Crippen LogP contribution in [0.25, 0.3) is 10.9 Å². The number of rotatable bonds is 4. The van der Waals surface area contributed by atoms with E-state index in [9.17, 15) is 9.59 Å². The van der Waals surface area contributed by atoms with Gasteiger partial charge in [-0.2, -0.15) is 0 Å². The van der Waals surface area contributed by atoms with Gasteiger partial charge in [0.25, 0.3) is 5.56 Å². The van der Waals surface area contributed by atoms with Crippen molar-refractivity contribution in [2.75, 3.05) is 18.4 Å². The van der Waals surface area contributed by atoms with Gasteiger partial charge < -0.3 is 10.2 Å². The number of carbonyl (C=O) groups is 1. The van der Waals surface area contributed by atoms with Crippen LogP contribution in [0, 0.1) is 0 Å². The fourth-order valence-electron chi connectivity index (χ4n) is 3.23. The van der Waals surface area contributed by atoms with Gasteiger partial charge in [0.1, 0.15) is 12.1 Å². The maximum atomic E-state index is 12.6. The van der Waals surface area contributed by atoms with E-state index < -0.39 is 0 Å². The van der Waals surface area contributed by atoms with Gasteiger partial charge in [-0.1, -0.05) is 35.5 Å². The lowest BCUT2D eigenvalue weighted by atomic mass is 10.2. The van der Waals surface area contributed by atoms with Gasteiger partial charge in [-0.3, -0.25) is 9.59 Å². The molecule has 1 amide bonds. The summed E-state index contributed by atoms with van der Waals surface area (Å²) in [4.78, 5) is 26.8. The second-order valence-corrected chi connectivity index (χ2v) is 6.41. The molecule has 1 aliphatic heterocycles. The number of carbonyl (C=O) groups excluding carboxylic acids is 1. The molecule has 4 rings (SSSR count). The molecule has 0 bridgehead atoms. The lowest BCUT2D eigenvalue weighted by molar-refractivity contribution is -0.131. The summed E-state index contributed by atoms with van der Waals surface area (Å²) in [6, 6.07) is 17.2. The first-order valence-corrected chi connectivity index (χ1v) is 8.62. The predicted octanol–water partition coefficient (Wildman–Crippen LogP) is 1.50. The van der Waals surface area contributed by atoms with Crippen molar-refractivity contribution in [2.45, 2.75) is 19.0 Å². The standard InChI is InChI=1S/C19H19N5O2/c25-18(13-24-19(26)16-8-4-5-9-17(16)21-22-24)23-11-10-15(12-23)20-14-6-2-1-3-7-14/h1-9,15,20H,10-13H2/t15-/m1/s1. The summed E-state index contributed by atoms with van der Waals surface area (Å²) in [7, 11) is 0. The molecule has 1 N–H and O–H groups in total. The molecule has 26 heavy (non-hydrogen) atoms. The van der Waals surface area contributed by atoms with Crippen LogP contribution in [0.2, 0.25) is 0 Å². The van der Waals surface area contributed by atoms with Gasteiger partial charge in [-0.05, 0) is 30.7 Å². The summed E-state index contributed by atoms with van der Waals surface area (Å²) >= 11 is 0. The van der Waals surface area contributed by atoms with Crippen molar-refractivity contribution in [1.82, 2.24) is 19.9 Å². The monoisotopic (exact) mass is 349 g/mol. The molecule has 0 saturated carbocycles. The van der Waals surface area contributed by atoms with Gasteiger partial charge >= 0.3 is 0 Å². The number of benzene rings is 2. The lowest BCUT2D eigenvalue weighted by Crippen LogP contribution is -2.37. The molecule has 1 aromatic heterocycles. The van der Waals surface area contributed by atoms with Gasteiger partial charge in [-0.15, -0.1) is 5.10 Å². The average molecular weight is 349 g/mol. The minimum Gasteiger partial charge on any atom is -0.380 e. The number of likely N-dealkylation sites (tertiary alicyclic amines) is 1. The molecule has 2 aromatic carbocycles. The minimum atomic E-state index is -0.290. The van der Waals surface area contributed by atoms with Crippen molar-refractivity contribution >= 4 is 22.5 Å². The number of hydrogen-bond acceptors (Lipinski definition) is 5. The SMILES string of the molecule is O=C(Cn1nnc2ccccc2c1=O)N1CC[C@@H](Nc2ccccc2)C1. The molecular weight excluding hydrogens is 330 g/mol. The highest BCUT2D eigenvalue weighted by molar-refractivity contribution is 5.78. The lowest BCUT2D eigenvalue weighted by Gasteiger charge is -2.18. The van der Waals surface area contributed by atoms with E-state index in [2.05, 4.69) is 15.6 Å². The molecule has 0 unspecified atom stereocenters. The Hall–Kier alpha value is -3.22. The summed E-state index contributed by atoms with van der Waals surface area (Å²) in [5.74, 6) is -0.117. The Morgan fingerprint density at radius 1 is 1.12 bits per heavy atom. The van der Waals surface area contributed by atoms with Crippen LogP contribution < -0.4 is 10.9 Å². The maximum Gasteiger partial charge on any atom is 0.278 e. The van der Waals surface area contributed by atoms with Gasteiger partial charge in [0.2, 0.25) is 5.91 Å². The maximum absolute atomic E-state index is 12.6. The smallest absolute Gasteiger partial charge is 0.278 e. The fourth-order valence-corrected chi connectivity index (χ4v) is 3.23. The number of anilines is 1. The molecule has 7 heteroatoms. The quantitative estimate of drug-likeness (QED) is 0.772. The molecule has 2 heterocycles. The Labute approximate surface area is 150 Å². The highest BCUT2D eigenvalue weighted by Crippen LogP contribution is 2.16. The minimum absolute atomic E-state index is 0.0886. The molecule has 7 nitrogen and oxygen atoms in total. The fraction of sp³-hybridized carbons (Fsp3) is 0.263. The van der Waals surface area contributed by atoms with Gasteiger partial charge in [0.15, 0.2) is 0 Å². The van der Waals surface area contributed by atoms with Gasteiger partial charge in [-0.25, -0.2) is 4.68 Å². The Morgan fingerprint density at radius 3 is 2.73 bits per heavy atom. The van der Waals surface area contributed by atoms with E-state index in [4.69, 9.17) is 0 Å². The average Bonchev–Trinajstić information content (AvgIpc) is 3.14. The molecular formula is C19H19N5O2. The molecule has 0 radical (unpaired) electrons. The van der Waals surface area contributed by atoms with Crippen molar-refractivity contribution in [3.05, 3.63) is 65.0 Å². The van der Waals surface area contributed by atoms with Crippen molar-refractivity contribution in [3.63, 3.8) is 0 Å². The molecule has 0 aliphatic carbocycles. The zero-order valence-corrected chi connectivity index (χ0v) is 14.2. The number of para-hydroxylation sites is 1. The number of nitrogens with zero attached hydrogens (tertiary/aromatic N) is 4. The van der Waals surface area contributed by atoms with E-state index in [-0.39, 0.29) is 24.1 Å². The summed E-state index contributed by atoms with van der Waals surface area (Å²) in [5.41, 5.74) is 1.29. The van der Waals surface area contributed by atoms with Crippen LogP contribution in [0.1, 0.15) is 6.42 Å². The van der Waals surface area contributed by atoms with Gasteiger partial charge in [0.05, 0.1) is 5.39 Å². The third-order valence-electron chi connectivity index (χ3n) is 4.60. The largest absolute Gasteiger partial charge is 0.380 e. The molecule has 1 atom stereocenters. The van der Waals surface area contributed by atoms with Crippen LogP contribution in [-0.2, 0) is 11.3 Å². The first-order chi connectivity index (χ1) is 12.7. The van der Waals surface area contributed by atoms with Gasteiger partial charge in [0, 0.05) is 24.8 Å². The number of amides is 1. The molecule has 1 aliphatic rings. The summed E-state index contributed by atoms with van der Waals surface area (Å²) in [6.07, 6.45) is 0.874. The highest BCUT2D eigenvalue weighted by Gasteiger charge is 2.26. The Bertz CT molecular complexity index is 986. The number of hydrogen-bond donors (Lipinski definition) is 1. The van der Waals surface area contributed by atoms with Crippen LogP contribution >= 0.6 is 0 Å². The zero-order valence-electron chi connectivity index (χ0n) is 14.2. The Kier molecular flexibility index (Phi) is 4.35. The number of nitrogens with one attached hydrogen (secondary N) is 1. The normalized spacial score (nSPS) is 16.8. The summed E-state index contributed by atoms with van der Waals surface area (Å²) < 4.78 is 1.14. The van der Waals surface area contributed by atoms with E-state index in [1.165, 1.54) is 0 Å². The van der Waals surface area contributed by atoms with E-state index >= 15 is 0 Å². The highest BCUT2D eigenvalue weighted by atomic mass is 16.2. The second kappa shape index (κ2) is 6.95. The third kappa shape index (κ3) is 3.28. The van der Waals surface area contributed by atoms with Crippen LogP contribution in [0.4, 0.5) is 5.69 Å². The summed E-state index contributed by atoms with van der Waals surface area (Å²) in [6.45, 7) is 1.19. The molecule has 132 valence electrons. The molecule has 3 aromatic rings. The van der Waals surface area contributed by atoms with Crippen molar-refractivity contribution in [3.8, 4) is 0 Å². The number of fused-ring (bicyclic) bond motifs is 1. The van der Waals surface area contributed by atoms with E-state index in [0.29, 0.717) is 24.0 Å². The number of aromatic nitrogens is 3. The van der Waals surface area contributed by atoms with Crippen LogP contribution in [-0.4, -0.2) is 44.9 Å². The van der Waals surface area contributed by atoms with Crippen LogP contribution in [0.5, 0.6) is 0 Å². The zero-order chi connectivity index (χ0) is 17.9. The van der Waals surface area contributed by atoms with Crippen molar-refractivity contribution in [2.24, 2.45) is 0 Å². The predicted molar refractivity (Wildman–Crippen MR) is 98.8 cm³/mol. The Balaban J connectivity index is 1.43. The first-order valence-electron chi connectivity index (χ1n) is 8.62. The molecule has 0 spiro atoms. The van der Waals surface area contributed by atoms with E-state index in [0.717, 1.165) is 16.8 Å². The topological polar surface area (TPSA) is 80.1 Å². The van der Waals surface area contributed by atoms with Crippen LogP contribution in [0.15, 0.2) is 59.4 Å². The Morgan fingerprint density at radius 2 is 1.88 bits per heavy atom. The first kappa shape index (κ1) is 16.3. The van der Waals surface area contributed by atoms with Crippen molar-refractivity contribution < 1.29 is 4.79 Å². The van der Waals surface area contributed by atoms with Crippen LogP contribution in [0.3, 0.4) is 0 Å². The van der Waals surface area contributed by atoms with E-state index in [1.807, 2.05) is 30.3 Å². The third-order valence-corrected chi connectivity index (χ3v) is 4.60.